The van der Waals surface area contributed by atoms with Crippen LogP contribution in [0, 0.1) is 19.8 Å². The zero-order valence-electron chi connectivity index (χ0n) is 23.7. The van der Waals surface area contributed by atoms with Gasteiger partial charge in [0.05, 0.1) is 10.6 Å². The third-order valence-corrected chi connectivity index (χ3v) is 8.92. The standard InChI is InChI=1S/C31H38ClN3O4S/c1-6-29(31(37)33-19-22(2)3)34(20-25-13-11-10-12-23(25)4)30(36)21-35(26-17-16-24(5)28(32)18-26)40(38,39)27-14-8-7-9-15-27/h7-18,22,29H,6,19-21H2,1-5H3,(H,33,37)/t29-/m1/s1. The van der Waals surface area contributed by atoms with Crippen molar-refractivity contribution in [1.82, 2.24) is 10.2 Å². The number of halogens is 1. The molecule has 1 N–H and O–H groups in total. The van der Waals surface area contributed by atoms with E-state index in [1.807, 2.05) is 58.9 Å². The molecular weight excluding hydrogens is 546 g/mol. The molecule has 3 rings (SSSR count). The Morgan fingerprint density at radius 3 is 2.17 bits per heavy atom. The second-order valence-corrected chi connectivity index (χ2v) is 12.5. The van der Waals surface area contributed by atoms with Gasteiger partial charge in [0.25, 0.3) is 10.0 Å². The van der Waals surface area contributed by atoms with Crippen LogP contribution in [0.4, 0.5) is 5.69 Å². The van der Waals surface area contributed by atoms with Gasteiger partial charge in [-0.1, -0.05) is 80.9 Å². The first-order valence-corrected chi connectivity index (χ1v) is 15.2. The van der Waals surface area contributed by atoms with Gasteiger partial charge in [0.2, 0.25) is 11.8 Å². The lowest BCUT2D eigenvalue weighted by molar-refractivity contribution is -0.140. The van der Waals surface area contributed by atoms with Gasteiger partial charge in [-0.25, -0.2) is 8.42 Å². The highest BCUT2D eigenvalue weighted by molar-refractivity contribution is 7.92. The minimum Gasteiger partial charge on any atom is -0.354 e. The van der Waals surface area contributed by atoms with E-state index in [2.05, 4.69) is 5.32 Å². The molecule has 0 spiro atoms. The summed E-state index contributed by atoms with van der Waals surface area (Å²) in [5, 5.41) is 3.33. The zero-order valence-corrected chi connectivity index (χ0v) is 25.3. The van der Waals surface area contributed by atoms with Crippen LogP contribution in [0.1, 0.15) is 43.9 Å². The number of benzene rings is 3. The van der Waals surface area contributed by atoms with Crippen molar-refractivity contribution in [3.05, 3.63) is 94.5 Å². The minimum absolute atomic E-state index is 0.0478. The van der Waals surface area contributed by atoms with Gasteiger partial charge in [0.15, 0.2) is 0 Å². The van der Waals surface area contributed by atoms with Crippen molar-refractivity contribution in [3.8, 4) is 0 Å². The van der Waals surface area contributed by atoms with Gasteiger partial charge in [-0.3, -0.25) is 13.9 Å². The van der Waals surface area contributed by atoms with Crippen LogP contribution < -0.4 is 9.62 Å². The third kappa shape index (κ3) is 7.64. The average molecular weight is 584 g/mol. The smallest absolute Gasteiger partial charge is 0.264 e. The zero-order chi connectivity index (χ0) is 29.4. The van der Waals surface area contributed by atoms with E-state index in [0.717, 1.165) is 21.0 Å². The number of carbonyl (C=O) groups excluding carboxylic acids is 2. The van der Waals surface area contributed by atoms with E-state index in [-0.39, 0.29) is 29.0 Å². The first kappa shape index (κ1) is 31.2. The highest BCUT2D eigenvalue weighted by atomic mass is 35.5. The van der Waals surface area contributed by atoms with Gasteiger partial charge >= 0.3 is 0 Å². The molecule has 0 radical (unpaired) electrons. The second-order valence-electron chi connectivity index (χ2n) is 10.3. The van der Waals surface area contributed by atoms with E-state index in [1.165, 1.54) is 17.0 Å². The summed E-state index contributed by atoms with van der Waals surface area (Å²) in [5.74, 6) is -0.528. The SMILES string of the molecule is CC[C@H](C(=O)NCC(C)C)N(Cc1ccccc1C)C(=O)CN(c1ccc(C)c(Cl)c1)S(=O)(=O)c1ccccc1. The molecule has 0 saturated heterocycles. The summed E-state index contributed by atoms with van der Waals surface area (Å²) in [6.45, 7) is 9.72. The molecule has 0 unspecified atom stereocenters. The fourth-order valence-corrected chi connectivity index (χ4v) is 5.90. The van der Waals surface area contributed by atoms with Crippen molar-refractivity contribution in [2.24, 2.45) is 5.92 Å². The van der Waals surface area contributed by atoms with E-state index in [0.29, 0.717) is 18.0 Å². The highest BCUT2D eigenvalue weighted by Gasteiger charge is 2.34. The van der Waals surface area contributed by atoms with Gasteiger partial charge in [-0.15, -0.1) is 0 Å². The molecule has 1 atom stereocenters. The molecule has 9 heteroatoms. The quantitative estimate of drug-likeness (QED) is 0.295. The summed E-state index contributed by atoms with van der Waals surface area (Å²) < 4.78 is 28.8. The predicted octanol–water partition coefficient (Wildman–Crippen LogP) is 5.73. The maximum Gasteiger partial charge on any atom is 0.264 e. The molecule has 0 heterocycles. The third-order valence-electron chi connectivity index (χ3n) is 6.73. The lowest BCUT2D eigenvalue weighted by atomic mass is 10.1. The van der Waals surface area contributed by atoms with E-state index < -0.39 is 28.5 Å². The van der Waals surface area contributed by atoms with E-state index in [1.54, 1.807) is 36.4 Å². The maximum atomic E-state index is 14.1. The molecule has 0 aliphatic carbocycles. The Kier molecular flexibility index (Phi) is 10.8. The van der Waals surface area contributed by atoms with Crippen LogP contribution in [0.2, 0.25) is 5.02 Å². The number of hydrogen-bond acceptors (Lipinski definition) is 4. The number of rotatable bonds is 12. The summed E-state index contributed by atoms with van der Waals surface area (Å²) in [6.07, 6.45) is 0.364. The highest BCUT2D eigenvalue weighted by Crippen LogP contribution is 2.29. The number of anilines is 1. The van der Waals surface area contributed by atoms with Crippen molar-refractivity contribution < 1.29 is 18.0 Å². The Bertz CT molecular complexity index is 1430. The Balaban J connectivity index is 2.07. The lowest BCUT2D eigenvalue weighted by Crippen LogP contribution is -2.52. The molecule has 214 valence electrons. The van der Waals surface area contributed by atoms with Crippen LogP contribution in [-0.2, 0) is 26.2 Å². The van der Waals surface area contributed by atoms with Gasteiger partial charge in [0.1, 0.15) is 12.6 Å². The van der Waals surface area contributed by atoms with E-state index in [4.69, 9.17) is 11.6 Å². The summed E-state index contributed by atoms with van der Waals surface area (Å²) in [4.78, 5) is 29.0. The monoisotopic (exact) mass is 583 g/mol. The fraction of sp³-hybridized carbons (Fsp3) is 0.355. The van der Waals surface area contributed by atoms with Crippen LogP contribution in [0.25, 0.3) is 0 Å². The van der Waals surface area contributed by atoms with Crippen molar-refractivity contribution in [2.45, 2.75) is 58.5 Å². The molecule has 7 nitrogen and oxygen atoms in total. The van der Waals surface area contributed by atoms with Crippen molar-refractivity contribution in [3.63, 3.8) is 0 Å². The average Bonchev–Trinajstić information content (AvgIpc) is 2.93. The van der Waals surface area contributed by atoms with Crippen LogP contribution in [0.3, 0.4) is 0 Å². The molecule has 40 heavy (non-hydrogen) atoms. The van der Waals surface area contributed by atoms with Gasteiger partial charge in [-0.2, -0.15) is 0 Å². The second kappa shape index (κ2) is 13.8. The normalized spacial score (nSPS) is 12.2. The van der Waals surface area contributed by atoms with Crippen LogP contribution in [-0.4, -0.2) is 44.3 Å². The molecule has 0 fully saturated rings. The molecule has 0 aliphatic rings. The van der Waals surface area contributed by atoms with Crippen molar-refractivity contribution >= 4 is 39.1 Å². The molecule has 0 saturated carbocycles. The molecular formula is C31H38ClN3O4S. The van der Waals surface area contributed by atoms with Crippen LogP contribution >= 0.6 is 11.6 Å². The Hall–Kier alpha value is -3.36. The largest absolute Gasteiger partial charge is 0.354 e. The molecule has 2 amide bonds. The van der Waals surface area contributed by atoms with Crippen LogP contribution in [0.5, 0.6) is 0 Å². The first-order valence-electron chi connectivity index (χ1n) is 13.4. The van der Waals surface area contributed by atoms with Crippen LogP contribution in [0.15, 0.2) is 77.7 Å². The summed E-state index contributed by atoms with van der Waals surface area (Å²) >= 11 is 6.38. The fourth-order valence-electron chi connectivity index (χ4n) is 4.30. The number of aryl methyl sites for hydroxylation is 2. The number of sulfonamides is 1. The van der Waals surface area contributed by atoms with Crippen molar-refractivity contribution in [2.75, 3.05) is 17.4 Å². The summed E-state index contributed by atoms with van der Waals surface area (Å²) in [7, 11) is -4.14. The van der Waals surface area contributed by atoms with E-state index >= 15 is 0 Å². The van der Waals surface area contributed by atoms with Gasteiger partial charge < -0.3 is 10.2 Å². The molecule has 0 aromatic heterocycles. The number of nitrogens with one attached hydrogen (secondary N) is 1. The Morgan fingerprint density at radius 2 is 1.57 bits per heavy atom. The number of carbonyl (C=O) groups is 2. The minimum atomic E-state index is -4.14. The predicted molar refractivity (Wildman–Crippen MR) is 161 cm³/mol. The topological polar surface area (TPSA) is 86.8 Å². The maximum absolute atomic E-state index is 14.1. The number of amides is 2. The first-order chi connectivity index (χ1) is 18.9. The molecule has 3 aromatic rings. The van der Waals surface area contributed by atoms with Gasteiger partial charge in [0, 0.05) is 18.1 Å². The lowest BCUT2D eigenvalue weighted by Gasteiger charge is -2.33. The van der Waals surface area contributed by atoms with E-state index in [9.17, 15) is 18.0 Å². The summed E-state index contributed by atoms with van der Waals surface area (Å²) in [5.41, 5.74) is 2.89. The molecule has 0 aliphatic heterocycles. The molecule has 3 aromatic carbocycles. The number of hydrogen-bond donors (Lipinski definition) is 1. The number of nitrogens with zero attached hydrogens (tertiary/aromatic N) is 2. The molecule has 0 bridgehead atoms. The van der Waals surface area contributed by atoms with Gasteiger partial charge in [-0.05, 0) is 67.1 Å². The Labute approximate surface area is 243 Å². The Morgan fingerprint density at radius 1 is 0.925 bits per heavy atom. The summed E-state index contributed by atoms with van der Waals surface area (Å²) in [6, 6.07) is 19.7. The van der Waals surface area contributed by atoms with Crippen molar-refractivity contribution in [1.29, 1.82) is 0 Å².